The molecule has 1 aliphatic heterocycles. The maximum Gasteiger partial charge on any atom is 0.0335 e. The van der Waals surface area contributed by atoms with Crippen LogP contribution in [0.15, 0.2) is 24.5 Å². The molecule has 1 aliphatic rings. The lowest BCUT2D eigenvalue weighted by molar-refractivity contribution is 0.411. The summed E-state index contributed by atoms with van der Waals surface area (Å²) >= 11 is 0. The van der Waals surface area contributed by atoms with E-state index >= 15 is 0 Å². The van der Waals surface area contributed by atoms with E-state index in [1.54, 1.807) is 0 Å². The van der Waals surface area contributed by atoms with Crippen LogP contribution >= 0.6 is 24.8 Å². The minimum Gasteiger partial charge on any atom is -0.310 e. The van der Waals surface area contributed by atoms with E-state index in [2.05, 4.69) is 16.4 Å². The number of nitrogens with one attached hydrogen (secondary N) is 1. The van der Waals surface area contributed by atoms with Crippen molar-refractivity contribution in [3.8, 4) is 0 Å². The summed E-state index contributed by atoms with van der Waals surface area (Å²) in [5.41, 5.74) is 1.33. The molecule has 4 heteroatoms. The van der Waals surface area contributed by atoms with Crippen molar-refractivity contribution >= 4 is 24.8 Å². The number of hydrogen-bond donors (Lipinski definition) is 1. The predicted octanol–water partition coefficient (Wildman–Crippen LogP) is 2.74. The Bertz CT molecular complexity index is 235. The van der Waals surface area contributed by atoms with E-state index < -0.39 is 0 Å². The van der Waals surface area contributed by atoms with Gasteiger partial charge in [0.2, 0.25) is 0 Å². The van der Waals surface area contributed by atoms with Crippen LogP contribution in [0.25, 0.3) is 0 Å². The summed E-state index contributed by atoms with van der Waals surface area (Å²) in [6.07, 6.45) is 7.70. The summed E-state index contributed by atoms with van der Waals surface area (Å²) in [5.74, 6) is 0. The molecule has 2 heterocycles. The first-order chi connectivity index (χ1) is 5.97. The fourth-order valence-electron chi connectivity index (χ4n) is 1.72. The molecule has 1 saturated heterocycles. The number of aromatic nitrogens is 1. The molecule has 1 N–H and O–H groups in total. The van der Waals surface area contributed by atoms with E-state index in [0.29, 0.717) is 6.04 Å². The highest BCUT2D eigenvalue weighted by Crippen LogP contribution is 2.21. The molecule has 1 aromatic heterocycles. The van der Waals surface area contributed by atoms with Crippen LogP contribution in [0.4, 0.5) is 0 Å². The third kappa shape index (κ3) is 3.45. The molecular weight excluding hydrogens is 219 g/mol. The molecule has 0 amide bonds. The third-order valence-corrected chi connectivity index (χ3v) is 2.40. The second kappa shape index (κ2) is 7.04. The Labute approximate surface area is 97.3 Å². The number of rotatable bonds is 1. The van der Waals surface area contributed by atoms with Gasteiger partial charge >= 0.3 is 0 Å². The second-order valence-corrected chi connectivity index (χ2v) is 3.29. The largest absolute Gasteiger partial charge is 0.310 e. The number of pyridine rings is 1. The monoisotopic (exact) mass is 234 g/mol. The van der Waals surface area contributed by atoms with Gasteiger partial charge in [0.1, 0.15) is 0 Å². The number of halogens is 2. The Hall–Kier alpha value is -0.310. The zero-order valence-electron chi connectivity index (χ0n) is 7.98. The van der Waals surface area contributed by atoms with E-state index in [1.165, 1.54) is 24.8 Å². The van der Waals surface area contributed by atoms with Gasteiger partial charge in [-0.15, -0.1) is 24.8 Å². The molecule has 1 atom stereocenters. The summed E-state index contributed by atoms with van der Waals surface area (Å²) < 4.78 is 0. The van der Waals surface area contributed by atoms with Crippen LogP contribution in [0, 0.1) is 0 Å². The van der Waals surface area contributed by atoms with Crippen LogP contribution in [-0.4, -0.2) is 11.5 Å². The molecule has 0 unspecified atom stereocenters. The van der Waals surface area contributed by atoms with Crippen molar-refractivity contribution in [1.82, 2.24) is 10.3 Å². The lowest BCUT2D eigenvalue weighted by atomic mass is 9.99. The van der Waals surface area contributed by atoms with Crippen LogP contribution in [0.3, 0.4) is 0 Å². The zero-order valence-corrected chi connectivity index (χ0v) is 9.61. The number of hydrogen-bond acceptors (Lipinski definition) is 2. The second-order valence-electron chi connectivity index (χ2n) is 3.29. The molecule has 2 nitrogen and oxygen atoms in total. The summed E-state index contributed by atoms with van der Waals surface area (Å²) in [6, 6.07) is 4.70. The Morgan fingerprint density at radius 2 is 2.14 bits per heavy atom. The Morgan fingerprint density at radius 3 is 2.71 bits per heavy atom. The van der Waals surface area contributed by atoms with Crippen LogP contribution in [0.1, 0.15) is 30.9 Å². The van der Waals surface area contributed by atoms with Crippen molar-refractivity contribution in [3.05, 3.63) is 30.1 Å². The van der Waals surface area contributed by atoms with Crippen molar-refractivity contribution in [3.63, 3.8) is 0 Å². The first-order valence-electron chi connectivity index (χ1n) is 4.60. The zero-order chi connectivity index (χ0) is 8.23. The molecule has 0 bridgehead atoms. The molecule has 0 saturated carbocycles. The topological polar surface area (TPSA) is 24.9 Å². The SMILES string of the molecule is Cl.Cl.c1cncc([C@H]2CCCCN2)c1. The van der Waals surface area contributed by atoms with E-state index in [0.717, 1.165) is 6.54 Å². The standard InChI is InChI=1S/C10H14N2.2ClH/c1-2-7-12-10(5-1)9-4-3-6-11-8-9;;/h3-4,6,8,10,12H,1-2,5,7H2;2*1H/t10-;;/m1../s1. The smallest absolute Gasteiger partial charge is 0.0335 e. The maximum absolute atomic E-state index is 4.12. The van der Waals surface area contributed by atoms with Gasteiger partial charge in [0, 0.05) is 18.4 Å². The van der Waals surface area contributed by atoms with Crippen molar-refractivity contribution in [1.29, 1.82) is 0 Å². The fourth-order valence-corrected chi connectivity index (χ4v) is 1.72. The lowest BCUT2D eigenvalue weighted by Gasteiger charge is -2.23. The van der Waals surface area contributed by atoms with E-state index in [4.69, 9.17) is 0 Å². The van der Waals surface area contributed by atoms with Gasteiger partial charge in [-0.2, -0.15) is 0 Å². The highest BCUT2D eigenvalue weighted by atomic mass is 35.5. The van der Waals surface area contributed by atoms with Gasteiger partial charge in [0.05, 0.1) is 0 Å². The highest BCUT2D eigenvalue weighted by molar-refractivity contribution is 5.85. The van der Waals surface area contributed by atoms with Gasteiger partial charge in [0.25, 0.3) is 0 Å². The van der Waals surface area contributed by atoms with Crippen LogP contribution in [-0.2, 0) is 0 Å². The summed E-state index contributed by atoms with van der Waals surface area (Å²) in [5, 5.41) is 3.50. The summed E-state index contributed by atoms with van der Waals surface area (Å²) in [4.78, 5) is 4.12. The Balaban J connectivity index is 0.000000845. The van der Waals surface area contributed by atoms with Crippen molar-refractivity contribution < 1.29 is 0 Å². The first-order valence-corrected chi connectivity index (χ1v) is 4.60. The highest BCUT2D eigenvalue weighted by Gasteiger charge is 2.13. The van der Waals surface area contributed by atoms with Gasteiger partial charge < -0.3 is 5.32 Å². The molecule has 1 aromatic rings. The number of piperidine rings is 1. The van der Waals surface area contributed by atoms with Crippen LogP contribution < -0.4 is 5.32 Å². The Kier molecular flexibility index (Phi) is 6.89. The number of nitrogens with zero attached hydrogens (tertiary/aromatic N) is 1. The van der Waals surface area contributed by atoms with Gasteiger partial charge in [-0.3, -0.25) is 4.98 Å². The van der Waals surface area contributed by atoms with E-state index in [9.17, 15) is 0 Å². The molecule has 14 heavy (non-hydrogen) atoms. The molecule has 2 rings (SSSR count). The average molecular weight is 235 g/mol. The van der Waals surface area contributed by atoms with Gasteiger partial charge in [0.15, 0.2) is 0 Å². The van der Waals surface area contributed by atoms with Crippen molar-refractivity contribution in [2.24, 2.45) is 0 Å². The van der Waals surface area contributed by atoms with Gasteiger partial charge in [-0.1, -0.05) is 12.5 Å². The summed E-state index contributed by atoms with van der Waals surface area (Å²) in [7, 11) is 0. The molecular formula is C10H16Cl2N2. The predicted molar refractivity (Wildman–Crippen MR) is 63.3 cm³/mol. The van der Waals surface area contributed by atoms with Crippen molar-refractivity contribution in [2.45, 2.75) is 25.3 Å². The lowest BCUT2D eigenvalue weighted by Crippen LogP contribution is -2.26. The maximum atomic E-state index is 4.12. The normalized spacial score (nSPS) is 20.4. The fraction of sp³-hybridized carbons (Fsp3) is 0.500. The molecule has 1 fully saturated rings. The van der Waals surface area contributed by atoms with Crippen LogP contribution in [0.5, 0.6) is 0 Å². The average Bonchev–Trinajstić information content (AvgIpc) is 2.21. The molecule has 0 radical (unpaired) electrons. The van der Waals surface area contributed by atoms with Crippen LogP contribution in [0.2, 0.25) is 0 Å². The molecule has 0 spiro atoms. The minimum absolute atomic E-state index is 0. The summed E-state index contributed by atoms with van der Waals surface area (Å²) in [6.45, 7) is 1.15. The van der Waals surface area contributed by atoms with E-state index in [1.807, 2.05) is 18.5 Å². The van der Waals surface area contributed by atoms with E-state index in [-0.39, 0.29) is 24.8 Å². The minimum atomic E-state index is 0. The quantitative estimate of drug-likeness (QED) is 0.809. The van der Waals surface area contributed by atoms with Gasteiger partial charge in [-0.05, 0) is 31.0 Å². The Morgan fingerprint density at radius 1 is 1.29 bits per heavy atom. The first kappa shape index (κ1) is 13.7. The third-order valence-electron chi connectivity index (χ3n) is 2.40. The molecule has 0 aliphatic carbocycles. The van der Waals surface area contributed by atoms with Crippen molar-refractivity contribution in [2.75, 3.05) is 6.54 Å². The van der Waals surface area contributed by atoms with Gasteiger partial charge in [-0.25, -0.2) is 0 Å². The molecule has 80 valence electrons. The molecule has 0 aromatic carbocycles.